The number of hydrogen-bond donors (Lipinski definition) is 1. The van der Waals surface area contributed by atoms with Gasteiger partial charge in [0.05, 0.1) is 6.20 Å². The fourth-order valence-electron chi connectivity index (χ4n) is 1.27. The SMILES string of the molecule is CC(C)n1cc(S(=O)(=O)N(C)[C@@H](C)C(=O)O)cn1. The summed E-state index contributed by atoms with van der Waals surface area (Å²) in [6.07, 6.45) is 2.62. The number of carbonyl (C=O) groups is 1. The highest BCUT2D eigenvalue weighted by atomic mass is 32.2. The zero-order chi connectivity index (χ0) is 14.1. The number of nitrogens with zero attached hydrogens (tertiary/aromatic N) is 3. The van der Waals surface area contributed by atoms with Crippen molar-refractivity contribution in [2.24, 2.45) is 0 Å². The van der Waals surface area contributed by atoms with Gasteiger partial charge in [0.25, 0.3) is 0 Å². The monoisotopic (exact) mass is 275 g/mol. The van der Waals surface area contributed by atoms with E-state index in [0.717, 1.165) is 4.31 Å². The largest absolute Gasteiger partial charge is 0.480 e. The summed E-state index contributed by atoms with van der Waals surface area (Å²) in [6.45, 7) is 5.05. The standard InChI is InChI=1S/C10H17N3O4S/c1-7(2)13-6-9(5-11-13)18(16,17)12(4)8(3)10(14)15/h5-8H,1-4H3,(H,14,15)/t8-/m0/s1. The second kappa shape index (κ2) is 5.07. The predicted octanol–water partition coefficient (Wildman–Crippen LogP) is 0.558. The van der Waals surface area contributed by atoms with Gasteiger partial charge in [-0.2, -0.15) is 9.40 Å². The summed E-state index contributed by atoms with van der Waals surface area (Å²) in [4.78, 5) is 10.8. The van der Waals surface area contributed by atoms with Crippen LogP contribution in [0, 0.1) is 0 Å². The lowest BCUT2D eigenvalue weighted by Gasteiger charge is -2.19. The molecule has 0 aliphatic rings. The molecule has 0 aliphatic carbocycles. The maximum absolute atomic E-state index is 12.1. The Kier molecular flexibility index (Phi) is 4.12. The third kappa shape index (κ3) is 2.70. The van der Waals surface area contributed by atoms with Gasteiger partial charge in [-0.25, -0.2) is 8.42 Å². The zero-order valence-electron chi connectivity index (χ0n) is 10.7. The van der Waals surface area contributed by atoms with Crippen LogP contribution in [0.3, 0.4) is 0 Å². The smallest absolute Gasteiger partial charge is 0.321 e. The number of rotatable bonds is 5. The van der Waals surface area contributed by atoms with Crippen molar-refractivity contribution in [3.8, 4) is 0 Å². The second-order valence-electron chi connectivity index (χ2n) is 4.29. The Hall–Kier alpha value is -1.41. The molecule has 102 valence electrons. The molecule has 1 aromatic rings. The number of carboxylic acids is 1. The molecule has 1 atom stereocenters. The molecular formula is C10H17N3O4S. The van der Waals surface area contributed by atoms with Crippen molar-refractivity contribution in [2.45, 2.75) is 37.8 Å². The van der Waals surface area contributed by atoms with Gasteiger partial charge < -0.3 is 5.11 Å². The molecule has 0 unspecified atom stereocenters. The number of sulfonamides is 1. The Morgan fingerprint density at radius 2 is 2.00 bits per heavy atom. The van der Waals surface area contributed by atoms with Gasteiger partial charge in [0.1, 0.15) is 10.9 Å². The van der Waals surface area contributed by atoms with Crippen molar-refractivity contribution >= 4 is 16.0 Å². The lowest BCUT2D eigenvalue weighted by Crippen LogP contribution is -2.40. The maximum atomic E-state index is 12.1. The van der Waals surface area contributed by atoms with Crippen molar-refractivity contribution in [2.75, 3.05) is 7.05 Å². The highest BCUT2D eigenvalue weighted by Crippen LogP contribution is 2.17. The average molecular weight is 275 g/mol. The topological polar surface area (TPSA) is 92.5 Å². The molecule has 7 nitrogen and oxygen atoms in total. The van der Waals surface area contributed by atoms with Crippen molar-refractivity contribution in [3.63, 3.8) is 0 Å². The minimum Gasteiger partial charge on any atom is -0.480 e. The van der Waals surface area contributed by atoms with Gasteiger partial charge in [-0.1, -0.05) is 0 Å². The number of hydrogen-bond acceptors (Lipinski definition) is 4. The summed E-state index contributed by atoms with van der Waals surface area (Å²) >= 11 is 0. The van der Waals surface area contributed by atoms with Gasteiger partial charge in [-0.3, -0.25) is 9.48 Å². The Balaban J connectivity index is 3.09. The Morgan fingerprint density at radius 3 is 2.39 bits per heavy atom. The van der Waals surface area contributed by atoms with Gasteiger partial charge in [0.2, 0.25) is 10.0 Å². The number of aliphatic carboxylic acids is 1. The van der Waals surface area contributed by atoms with E-state index in [1.165, 1.54) is 31.0 Å². The molecule has 0 saturated carbocycles. The molecule has 18 heavy (non-hydrogen) atoms. The fourth-order valence-corrected chi connectivity index (χ4v) is 2.53. The number of aromatic nitrogens is 2. The Labute approximate surface area is 106 Å². The Bertz CT molecular complexity index is 535. The molecule has 0 aromatic carbocycles. The highest BCUT2D eigenvalue weighted by Gasteiger charge is 2.30. The van der Waals surface area contributed by atoms with Gasteiger partial charge in [0.15, 0.2) is 0 Å². The van der Waals surface area contributed by atoms with E-state index in [4.69, 9.17) is 5.11 Å². The van der Waals surface area contributed by atoms with Crippen LogP contribution in [0.15, 0.2) is 17.3 Å². The molecule has 0 amide bonds. The molecule has 1 heterocycles. The maximum Gasteiger partial charge on any atom is 0.321 e. The fraction of sp³-hybridized carbons (Fsp3) is 0.600. The molecule has 0 spiro atoms. The normalized spacial score (nSPS) is 14.1. The molecule has 0 radical (unpaired) electrons. The first-order chi connectivity index (χ1) is 8.17. The van der Waals surface area contributed by atoms with Crippen LogP contribution in [-0.2, 0) is 14.8 Å². The second-order valence-corrected chi connectivity index (χ2v) is 6.28. The molecular weight excluding hydrogens is 258 g/mol. The van der Waals surface area contributed by atoms with E-state index in [1.807, 2.05) is 13.8 Å². The molecule has 1 N–H and O–H groups in total. The van der Waals surface area contributed by atoms with Crippen LogP contribution in [-0.4, -0.2) is 46.7 Å². The van der Waals surface area contributed by atoms with Gasteiger partial charge in [-0.15, -0.1) is 0 Å². The molecule has 0 bridgehead atoms. The van der Waals surface area contributed by atoms with Gasteiger partial charge >= 0.3 is 5.97 Å². The van der Waals surface area contributed by atoms with Gasteiger partial charge in [0, 0.05) is 19.3 Å². The van der Waals surface area contributed by atoms with E-state index in [0.29, 0.717) is 0 Å². The van der Waals surface area contributed by atoms with Crippen molar-refractivity contribution in [1.29, 1.82) is 0 Å². The van der Waals surface area contributed by atoms with Crippen molar-refractivity contribution in [1.82, 2.24) is 14.1 Å². The van der Waals surface area contributed by atoms with Crippen molar-refractivity contribution in [3.05, 3.63) is 12.4 Å². The van der Waals surface area contributed by atoms with E-state index in [-0.39, 0.29) is 10.9 Å². The molecule has 0 fully saturated rings. The van der Waals surface area contributed by atoms with E-state index in [1.54, 1.807) is 0 Å². The summed E-state index contributed by atoms with van der Waals surface area (Å²) in [7, 11) is -2.59. The predicted molar refractivity (Wildman–Crippen MR) is 64.7 cm³/mol. The van der Waals surface area contributed by atoms with Crippen LogP contribution < -0.4 is 0 Å². The molecule has 0 aliphatic heterocycles. The quantitative estimate of drug-likeness (QED) is 0.847. The van der Waals surface area contributed by atoms with E-state index in [2.05, 4.69) is 5.10 Å². The molecule has 8 heteroatoms. The van der Waals surface area contributed by atoms with Crippen LogP contribution in [0.1, 0.15) is 26.8 Å². The molecule has 1 aromatic heterocycles. The lowest BCUT2D eigenvalue weighted by atomic mass is 10.4. The first-order valence-corrected chi connectivity index (χ1v) is 6.87. The number of likely N-dealkylation sites (N-methyl/N-ethyl adjacent to an activating group) is 1. The first kappa shape index (κ1) is 14.7. The first-order valence-electron chi connectivity index (χ1n) is 5.43. The van der Waals surface area contributed by atoms with Crippen molar-refractivity contribution < 1.29 is 18.3 Å². The minimum atomic E-state index is -3.83. The molecule has 1 rings (SSSR count). The van der Waals surface area contributed by atoms with E-state index < -0.39 is 22.0 Å². The average Bonchev–Trinajstić information content (AvgIpc) is 2.76. The third-order valence-electron chi connectivity index (χ3n) is 2.69. The van der Waals surface area contributed by atoms with Gasteiger partial charge in [-0.05, 0) is 20.8 Å². The molecule has 0 saturated heterocycles. The summed E-state index contributed by atoms with van der Waals surface area (Å²) in [5.41, 5.74) is 0. The lowest BCUT2D eigenvalue weighted by molar-refractivity contribution is -0.140. The van der Waals surface area contributed by atoms with Crippen LogP contribution in [0.5, 0.6) is 0 Å². The summed E-state index contributed by atoms with van der Waals surface area (Å²) in [6, 6.07) is -1.09. The van der Waals surface area contributed by atoms with E-state index >= 15 is 0 Å². The van der Waals surface area contributed by atoms with Crippen LogP contribution in [0.2, 0.25) is 0 Å². The minimum absolute atomic E-state index is 0.00759. The van der Waals surface area contributed by atoms with Crippen LogP contribution >= 0.6 is 0 Å². The summed E-state index contributed by atoms with van der Waals surface area (Å²) in [5.74, 6) is -1.20. The van der Waals surface area contributed by atoms with Crippen LogP contribution in [0.4, 0.5) is 0 Å². The van der Waals surface area contributed by atoms with Crippen LogP contribution in [0.25, 0.3) is 0 Å². The highest BCUT2D eigenvalue weighted by molar-refractivity contribution is 7.89. The summed E-state index contributed by atoms with van der Waals surface area (Å²) < 4.78 is 26.6. The Morgan fingerprint density at radius 1 is 1.44 bits per heavy atom. The number of carboxylic acid groups (broad SMARTS) is 1. The third-order valence-corrected chi connectivity index (χ3v) is 4.57. The zero-order valence-corrected chi connectivity index (χ0v) is 11.5. The van der Waals surface area contributed by atoms with E-state index in [9.17, 15) is 13.2 Å². The summed E-state index contributed by atoms with van der Waals surface area (Å²) in [5, 5.41) is 12.8.